The van der Waals surface area contributed by atoms with E-state index in [1.54, 1.807) is 24.3 Å². The number of benzene rings is 2. The third kappa shape index (κ3) is 3.38. The highest BCUT2D eigenvalue weighted by Crippen LogP contribution is 2.36. The van der Waals surface area contributed by atoms with Crippen molar-refractivity contribution >= 4 is 29.3 Å². The smallest absolute Gasteiger partial charge is 0.248 e. The van der Waals surface area contributed by atoms with E-state index in [9.17, 15) is 9.59 Å². The average molecular weight is 394 g/mol. The van der Waals surface area contributed by atoms with Gasteiger partial charge in [0.25, 0.3) is 0 Å². The number of amides is 2. The first kappa shape index (κ1) is 18.2. The van der Waals surface area contributed by atoms with E-state index in [4.69, 9.17) is 4.74 Å². The number of hydrogen-bond acceptors (Lipinski definition) is 6. The Labute approximate surface area is 166 Å². The topological polar surface area (TPSA) is 88.2 Å². The highest BCUT2D eigenvalue weighted by atomic mass is 32.2. The van der Waals surface area contributed by atoms with Crippen LogP contribution in [0.1, 0.15) is 12.0 Å². The number of aromatic nitrogens is 3. The van der Waals surface area contributed by atoms with Crippen molar-refractivity contribution in [3.63, 3.8) is 0 Å². The lowest BCUT2D eigenvalue weighted by atomic mass is 10.1. The van der Waals surface area contributed by atoms with Gasteiger partial charge in [0.05, 0.1) is 12.8 Å². The van der Waals surface area contributed by atoms with Crippen molar-refractivity contribution in [2.75, 3.05) is 12.0 Å². The fraction of sp³-hybridized carbons (Fsp3) is 0.200. The summed E-state index contributed by atoms with van der Waals surface area (Å²) in [7, 11) is 1.51. The summed E-state index contributed by atoms with van der Waals surface area (Å²) in [6.45, 7) is 2.00. The van der Waals surface area contributed by atoms with Crippen molar-refractivity contribution in [1.82, 2.24) is 15.2 Å². The van der Waals surface area contributed by atoms with Crippen LogP contribution in [0.3, 0.4) is 0 Å². The number of aryl methyl sites for hydroxylation is 1. The second-order valence-electron chi connectivity index (χ2n) is 6.39. The summed E-state index contributed by atoms with van der Waals surface area (Å²) in [5, 5.41) is 6.96. The number of H-pyrrole nitrogens is 1. The molecule has 7 nitrogen and oxygen atoms in total. The van der Waals surface area contributed by atoms with Gasteiger partial charge in [-0.25, -0.2) is 9.88 Å². The summed E-state index contributed by atoms with van der Waals surface area (Å²) in [6.07, 6.45) is 0.0931. The van der Waals surface area contributed by atoms with E-state index >= 15 is 0 Å². The molecule has 1 saturated heterocycles. The third-order valence-electron chi connectivity index (χ3n) is 4.44. The lowest BCUT2D eigenvalue weighted by molar-refractivity contribution is -0.121. The van der Waals surface area contributed by atoms with Crippen LogP contribution in [0.4, 0.5) is 5.69 Å². The average Bonchev–Trinajstić information content (AvgIpc) is 3.27. The predicted molar refractivity (Wildman–Crippen MR) is 106 cm³/mol. The predicted octanol–water partition coefficient (Wildman–Crippen LogP) is 3.21. The molecule has 3 aromatic rings. The zero-order chi connectivity index (χ0) is 19.7. The minimum atomic E-state index is -0.571. The van der Waals surface area contributed by atoms with Crippen LogP contribution in [0.2, 0.25) is 0 Å². The molecule has 1 N–H and O–H groups in total. The summed E-state index contributed by atoms with van der Waals surface area (Å²) in [4.78, 5) is 31.0. The summed E-state index contributed by atoms with van der Waals surface area (Å²) < 4.78 is 5.29. The molecule has 8 heteroatoms. The Morgan fingerprint density at radius 1 is 1.18 bits per heavy atom. The third-order valence-corrected chi connectivity index (χ3v) is 5.48. The maximum absolute atomic E-state index is 12.9. The van der Waals surface area contributed by atoms with Gasteiger partial charge in [0.1, 0.15) is 11.0 Å². The Hall–Kier alpha value is -3.13. The molecule has 0 aliphatic carbocycles. The van der Waals surface area contributed by atoms with Crippen molar-refractivity contribution in [1.29, 1.82) is 0 Å². The van der Waals surface area contributed by atoms with Gasteiger partial charge in [-0.05, 0) is 25.1 Å². The molecule has 2 aromatic carbocycles. The molecule has 28 heavy (non-hydrogen) atoms. The van der Waals surface area contributed by atoms with Gasteiger partial charge in [0.2, 0.25) is 17.0 Å². The van der Waals surface area contributed by atoms with E-state index in [0.717, 1.165) is 11.1 Å². The van der Waals surface area contributed by atoms with Gasteiger partial charge in [0.15, 0.2) is 5.82 Å². The van der Waals surface area contributed by atoms with Crippen LogP contribution >= 0.6 is 11.8 Å². The second kappa shape index (κ2) is 7.47. The number of ether oxygens (including phenoxy) is 1. The van der Waals surface area contributed by atoms with E-state index in [0.29, 0.717) is 22.4 Å². The first-order valence-electron chi connectivity index (χ1n) is 8.72. The van der Waals surface area contributed by atoms with Crippen LogP contribution in [0.25, 0.3) is 11.4 Å². The Kier molecular flexibility index (Phi) is 4.87. The Morgan fingerprint density at radius 2 is 2.00 bits per heavy atom. The zero-order valence-electron chi connectivity index (χ0n) is 15.4. The monoisotopic (exact) mass is 394 g/mol. The molecule has 0 radical (unpaired) electrons. The maximum atomic E-state index is 12.9. The molecule has 1 aliphatic heterocycles. The van der Waals surface area contributed by atoms with Crippen LogP contribution < -0.4 is 9.64 Å². The molecule has 2 amide bonds. The number of nitrogens with zero attached hydrogens (tertiary/aromatic N) is 3. The molecule has 0 unspecified atom stereocenters. The number of imide groups is 1. The van der Waals surface area contributed by atoms with Crippen molar-refractivity contribution in [2.45, 2.75) is 23.8 Å². The zero-order valence-corrected chi connectivity index (χ0v) is 16.2. The molecule has 2 heterocycles. The molecule has 0 spiro atoms. The molecule has 1 aliphatic rings. The molecule has 0 bridgehead atoms. The number of rotatable bonds is 5. The van der Waals surface area contributed by atoms with Gasteiger partial charge in [-0.2, -0.15) is 0 Å². The van der Waals surface area contributed by atoms with Gasteiger partial charge >= 0.3 is 0 Å². The minimum Gasteiger partial charge on any atom is -0.495 e. The van der Waals surface area contributed by atoms with Crippen LogP contribution in [0, 0.1) is 6.92 Å². The second-order valence-corrected chi connectivity index (χ2v) is 7.56. The summed E-state index contributed by atoms with van der Waals surface area (Å²) in [5.74, 6) is 0.557. The molecule has 142 valence electrons. The number of thioether (sulfide) groups is 1. The van der Waals surface area contributed by atoms with Crippen LogP contribution in [-0.4, -0.2) is 39.4 Å². The van der Waals surface area contributed by atoms with Crippen molar-refractivity contribution in [3.8, 4) is 17.1 Å². The number of anilines is 1. The van der Waals surface area contributed by atoms with Gasteiger partial charge in [0, 0.05) is 12.0 Å². The number of carbonyl (C=O) groups is 2. The number of hydrogen-bond donors (Lipinski definition) is 1. The Balaban J connectivity index is 1.54. The summed E-state index contributed by atoms with van der Waals surface area (Å²) >= 11 is 1.19. The summed E-state index contributed by atoms with van der Waals surface area (Å²) in [5.41, 5.74) is 2.49. The van der Waals surface area contributed by atoms with E-state index in [1.165, 1.54) is 23.8 Å². The lowest BCUT2D eigenvalue weighted by Crippen LogP contribution is -2.31. The largest absolute Gasteiger partial charge is 0.495 e. The Bertz CT molecular complexity index is 1050. The van der Waals surface area contributed by atoms with Gasteiger partial charge in [-0.15, -0.1) is 5.10 Å². The highest BCUT2D eigenvalue weighted by Gasteiger charge is 2.41. The molecule has 0 saturated carbocycles. The van der Waals surface area contributed by atoms with Gasteiger partial charge in [-0.3, -0.25) is 14.7 Å². The van der Waals surface area contributed by atoms with Crippen molar-refractivity contribution in [2.24, 2.45) is 0 Å². The van der Waals surface area contributed by atoms with E-state index in [1.807, 2.05) is 31.2 Å². The summed E-state index contributed by atoms with van der Waals surface area (Å²) in [6, 6.07) is 14.9. The van der Waals surface area contributed by atoms with Crippen molar-refractivity contribution < 1.29 is 14.3 Å². The first-order chi connectivity index (χ1) is 13.6. The minimum absolute atomic E-state index is 0.0931. The maximum Gasteiger partial charge on any atom is 0.248 e. The number of methoxy groups -OCH3 is 1. The van der Waals surface area contributed by atoms with E-state index in [2.05, 4.69) is 15.2 Å². The number of nitrogens with one attached hydrogen (secondary N) is 1. The first-order valence-corrected chi connectivity index (χ1v) is 9.60. The molecule has 1 atom stereocenters. The van der Waals surface area contributed by atoms with Crippen molar-refractivity contribution in [3.05, 3.63) is 54.1 Å². The number of carbonyl (C=O) groups excluding carboxylic acids is 2. The lowest BCUT2D eigenvalue weighted by Gasteiger charge is -2.17. The number of para-hydroxylation sites is 2. The normalized spacial score (nSPS) is 16.6. The van der Waals surface area contributed by atoms with Gasteiger partial charge in [-0.1, -0.05) is 47.7 Å². The van der Waals surface area contributed by atoms with Gasteiger partial charge < -0.3 is 4.74 Å². The number of aromatic amines is 1. The van der Waals surface area contributed by atoms with Crippen LogP contribution in [0.15, 0.2) is 53.7 Å². The molecular weight excluding hydrogens is 376 g/mol. The van der Waals surface area contributed by atoms with E-state index < -0.39 is 5.25 Å². The SMILES string of the molecule is COc1ccccc1N1C(=O)C[C@H](Sc2n[nH]c(-c3cccc(C)c3)n2)C1=O. The Morgan fingerprint density at radius 3 is 2.79 bits per heavy atom. The standard InChI is InChI=1S/C20H18N4O3S/c1-12-6-5-7-13(10-12)18-21-20(23-22-18)28-16-11-17(25)24(19(16)26)14-8-3-4-9-15(14)27-2/h3-10,16H,11H2,1-2H3,(H,21,22,23)/t16-/m0/s1. The molecule has 1 fully saturated rings. The van der Waals surface area contributed by atoms with Crippen LogP contribution in [0.5, 0.6) is 5.75 Å². The fourth-order valence-corrected chi connectivity index (χ4v) is 4.04. The fourth-order valence-electron chi connectivity index (χ4n) is 3.11. The van der Waals surface area contributed by atoms with E-state index in [-0.39, 0.29) is 18.2 Å². The van der Waals surface area contributed by atoms with Crippen LogP contribution in [-0.2, 0) is 9.59 Å². The molecule has 4 rings (SSSR count). The quantitative estimate of drug-likeness (QED) is 0.669. The molecular formula is C20H18N4O3S. The molecule has 1 aromatic heterocycles. The highest BCUT2D eigenvalue weighted by molar-refractivity contribution is 8.00.